The number of carbonyl (C=O) groups is 2. The molecule has 9 heteroatoms. The Hall–Kier alpha value is -4.08. The third kappa shape index (κ3) is 5.80. The molecule has 5 rings (SSSR count). The van der Waals surface area contributed by atoms with Crippen LogP contribution in [0.4, 0.5) is 5.69 Å². The average molecular weight is 575 g/mol. The quantitative estimate of drug-likeness (QED) is 0.297. The Morgan fingerprint density at radius 2 is 1.74 bits per heavy atom. The first kappa shape index (κ1) is 29.4. The topological polar surface area (TPSA) is 107 Å². The van der Waals surface area contributed by atoms with E-state index in [2.05, 4.69) is 19.2 Å². The number of fused-ring (bicyclic) bond motifs is 1. The van der Waals surface area contributed by atoms with Crippen LogP contribution in [0.3, 0.4) is 0 Å². The smallest absolute Gasteiger partial charge is 0.309 e. The number of likely N-dealkylation sites (tertiary alicyclic amines) is 1. The maximum Gasteiger partial charge on any atom is 0.309 e. The van der Waals surface area contributed by atoms with Gasteiger partial charge in [0.25, 0.3) is 0 Å². The van der Waals surface area contributed by atoms with Crippen LogP contribution in [0.25, 0.3) is 0 Å². The molecule has 0 aliphatic carbocycles. The van der Waals surface area contributed by atoms with Gasteiger partial charge in [-0.25, -0.2) is 0 Å². The Bertz CT molecular complexity index is 1420. The van der Waals surface area contributed by atoms with Crippen molar-refractivity contribution in [1.29, 1.82) is 0 Å². The summed E-state index contributed by atoms with van der Waals surface area (Å²) in [6.45, 7) is 6.73. The Kier molecular flexibility index (Phi) is 8.99. The van der Waals surface area contributed by atoms with Gasteiger partial charge in [0.15, 0.2) is 18.3 Å². The second-order valence-corrected chi connectivity index (χ2v) is 10.7. The van der Waals surface area contributed by atoms with E-state index in [-0.39, 0.29) is 32.0 Å². The number of rotatable bonds is 11. The van der Waals surface area contributed by atoms with Gasteiger partial charge >= 0.3 is 5.97 Å². The van der Waals surface area contributed by atoms with E-state index >= 15 is 0 Å². The summed E-state index contributed by atoms with van der Waals surface area (Å²) < 4.78 is 21.8. The van der Waals surface area contributed by atoms with Gasteiger partial charge in [-0.05, 0) is 65.8 Å². The van der Waals surface area contributed by atoms with Crippen molar-refractivity contribution in [2.24, 2.45) is 5.92 Å². The second-order valence-electron chi connectivity index (χ2n) is 10.7. The van der Waals surface area contributed by atoms with E-state index in [0.717, 1.165) is 46.3 Å². The molecule has 222 valence electrons. The van der Waals surface area contributed by atoms with E-state index in [9.17, 15) is 14.7 Å². The fourth-order valence-corrected chi connectivity index (χ4v) is 6.29. The number of anilines is 1. The number of para-hydroxylation sites is 1. The number of amides is 1. The number of carboxylic acid groups (broad SMARTS) is 1. The normalized spacial score (nSPS) is 19.6. The lowest BCUT2D eigenvalue weighted by Gasteiger charge is -2.27. The average Bonchev–Trinajstić information content (AvgIpc) is 3.62. The molecular weight excluding hydrogens is 536 g/mol. The van der Waals surface area contributed by atoms with Crippen LogP contribution in [-0.2, 0) is 27.2 Å². The lowest BCUT2D eigenvalue weighted by Crippen LogP contribution is -2.35. The van der Waals surface area contributed by atoms with Gasteiger partial charge in [0.05, 0.1) is 12.5 Å². The standard InChI is InChI=1S/C33H38N2O7/c1-5-21-8-7-9-22(6-2)30(21)34-28(36)17-35-16-26(25-14-15-27-32(20(25)3)42-19-41-27)29(33(37)38)31(35)23-10-12-24(13-11-23)40-18-39-4/h7-15,26,29,31H,5-6,16-19H2,1-4H3,(H,34,36)(H,37,38)/t26-,29?,31+/m1/s1. The summed E-state index contributed by atoms with van der Waals surface area (Å²) in [5.41, 5.74) is 5.53. The van der Waals surface area contributed by atoms with Gasteiger partial charge in [0.1, 0.15) is 5.75 Å². The fourth-order valence-electron chi connectivity index (χ4n) is 6.29. The molecule has 2 heterocycles. The molecule has 1 saturated heterocycles. The van der Waals surface area contributed by atoms with Crippen LogP contribution in [0, 0.1) is 12.8 Å². The molecule has 3 atom stereocenters. The van der Waals surface area contributed by atoms with Crippen LogP contribution in [0.5, 0.6) is 17.2 Å². The summed E-state index contributed by atoms with van der Waals surface area (Å²) in [5, 5.41) is 13.8. The fraction of sp³-hybridized carbons (Fsp3) is 0.394. The number of methoxy groups -OCH3 is 1. The molecule has 0 bridgehead atoms. The zero-order valence-electron chi connectivity index (χ0n) is 24.5. The highest BCUT2D eigenvalue weighted by molar-refractivity contribution is 5.94. The van der Waals surface area contributed by atoms with Crippen molar-refractivity contribution >= 4 is 17.6 Å². The monoisotopic (exact) mass is 574 g/mol. The number of carboxylic acids is 1. The molecule has 1 fully saturated rings. The van der Waals surface area contributed by atoms with Gasteiger partial charge in [-0.1, -0.05) is 50.2 Å². The van der Waals surface area contributed by atoms with Crippen LogP contribution >= 0.6 is 0 Å². The number of nitrogens with one attached hydrogen (secondary N) is 1. The number of hydrogen-bond acceptors (Lipinski definition) is 7. The summed E-state index contributed by atoms with van der Waals surface area (Å²) in [4.78, 5) is 28.6. The summed E-state index contributed by atoms with van der Waals surface area (Å²) in [7, 11) is 1.55. The third-order valence-corrected chi connectivity index (χ3v) is 8.29. The Balaban J connectivity index is 1.50. The first-order valence-electron chi connectivity index (χ1n) is 14.3. The molecule has 2 aliphatic rings. The summed E-state index contributed by atoms with van der Waals surface area (Å²) in [6, 6.07) is 16.6. The number of aliphatic carboxylic acids is 1. The SMILES string of the molecule is CCc1cccc(CC)c1NC(=O)CN1C[C@H](c2ccc3c(c2C)OCO3)C(C(=O)O)[C@@H]1c1ccc(OCOC)cc1. The van der Waals surface area contributed by atoms with Crippen LogP contribution in [-0.4, -0.2) is 55.7 Å². The van der Waals surface area contributed by atoms with Crippen molar-refractivity contribution in [3.8, 4) is 17.2 Å². The molecule has 1 amide bonds. The van der Waals surface area contributed by atoms with E-state index < -0.39 is 17.9 Å². The Labute approximate surface area is 246 Å². The maximum absolute atomic E-state index is 13.6. The lowest BCUT2D eigenvalue weighted by molar-refractivity contribution is -0.143. The number of nitrogens with zero attached hydrogens (tertiary/aromatic N) is 1. The molecule has 2 N–H and O–H groups in total. The van der Waals surface area contributed by atoms with Crippen molar-refractivity contribution in [3.05, 3.63) is 82.4 Å². The van der Waals surface area contributed by atoms with Crippen molar-refractivity contribution in [2.75, 3.05) is 39.1 Å². The van der Waals surface area contributed by atoms with Crippen molar-refractivity contribution < 1.29 is 33.6 Å². The molecule has 0 spiro atoms. The highest BCUT2D eigenvalue weighted by Gasteiger charge is 2.48. The van der Waals surface area contributed by atoms with Gasteiger partial charge in [-0.2, -0.15) is 0 Å². The molecule has 3 aromatic rings. The van der Waals surface area contributed by atoms with E-state index in [1.807, 2.05) is 54.3 Å². The van der Waals surface area contributed by atoms with Crippen LogP contribution in [0.1, 0.15) is 53.6 Å². The lowest BCUT2D eigenvalue weighted by atomic mass is 9.81. The van der Waals surface area contributed by atoms with Crippen molar-refractivity contribution in [1.82, 2.24) is 4.90 Å². The zero-order valence-corrected chi connectivity index (χ0v) is 24.5. The van der Waals surface area contributed by atoms with Crippen LogP contribution in [0.15, 0.2) is 54.6 Å². The maximum atomic E-state index is 13.6. The minimum absolute atomic E-state index is 0.0394. The number of hydrogen-bond donors (Lipinski definition) is 2. The van der Waals surface area contributed by atoms with Gasteiger partial charge in [-0.3, -0.25) is 14.5 Å². The highest BCUT2D eigenvalue weighted by Crippen LogP contribution is 2.49. The van der Waals surface area contributed by atoms with E-state index in [1.165, 1.54) is 0 Å². The molecular formula is C33H38N2O7. The second kappa shape index (κ2) is 12.8. The summed E-state index contributed by atoms with van der Waals surface area (Å²) in [6.07, 6.45) is 1.58. The summed E-state index contributed by atoms with van der Waals surface area (Å²) in [5.74, 6) is -0.377. The largest absolute Gasteiger partial charge is 0.481 e. The number of aryl methyl sites for hydroxylation is 2. The molecule has 0 saturated carbocycles. The van der Waals surface area contributed by atoms with Gasteiger partial charge < -0.3 is 29.4 Å². The van der Waals surface area contributed by atoms with E-state index in [4.69, 9.17) is 18.9 Å². The number of benzene rings is 3. The first-order chi connectivity index (χ1) is 20.4. The first-order valence-corrected chi connectivity index (χ1v) is 14.3. The van der Waals surface area contributed by atoms with Gasteiger partial charge in [-0.15, -0.1) is 0 Å². The van der Waals surface area contributed by atoms with E-state index in [1.54, 1.807) is 19.2 Å². The van der Waals surface area contributed by atoms with Crippen LogP contribution in [0.2, 0.25) is 0 Å². The van der Waals surface area contributed by atoms with Crippen LogP contribution < -0.4 is 19.5 Å². The minimum Gasteiger partial charge on any atom is -0.481 e. The van der Waals surface area contributed by atoms with Gasteiger partial charge in [0, 0.05) is 31.3 Å². The minimum atomic E-state index is -0.922. The van der Waals surface area contributed by atoms with Crippen molar-refractivity contribution in [3.63, 3.8) is 0 Å². The predicted octanol–water partition coefficient (Wildman–Crippen LogP) is 5.31. The van der Waals surface area contributed by atoms with Crippen molar-refractivity contribution in [2.45, 2.75) is 45.6 Å². The molecule has 0 radical (unpaired) electrons. The van der Waals surface area contributed by atoms with E-state index in [0.29, 0.717) is 23.8 Å². The Morgan fingerprint density at radius 1 is 1.02 bits per heavy atom. The highest BCUT2D eigenvalue weighted by atomic mass is 16.7. The number of carbonyl (C=O) groups excluding carboxylic acids is 1. The molecule has 3 aromatic carbocycles. The molecule has 9 nitrogen and oxygen atoms in total. The molecule has 0 aromatic heterocycles. The third-order valence-electron chi connectivity index (χ3n) is 8.29. The Morgan fingerprint density at radius 3 is 2.38 bits per heavy atom. The molecule has 1 unspecified atom stereocenters. The zero-order chi connectivity index (χ0) is 29.8. The predicted molar refractivity (Wildman–Crippen MR) is 158 cm³/mol. The van der Waals surface area contributed by atoms with Gasteiger partial charge in [0.2, 0.25) is 12.7 Å². The molecule has 42 heavy (non-hydrogen) atoms. The number of ether oxygens (including phenoxy) is 4. The molecule has 2 aliphatic heterocycles. The summed E-state index contributed by atoms with van der Waals surface area (Å²) >= 11 is 0.